The zero-order chi connectivity index (χ0) is 9.68. The molecular formula is C8H8N3O2. The van der Waals surface area contributed by atoms with Crippen LogP contribution in [0.25, 0.3) is 0 Å². The number of hydrogen-bond donors (Lipinski definition) is 1. The van der Waals surface area contributed by atoms with Gasteiger partial charge in [0.2, 0.25) is 6.29 Å². The molecule has 67 valence electrons. The van der Waals surface area contributed by atoms with E-state index in [2.05, 4.69) is 15.3 Å². The van der Waals surface area contributed by atoms with E-state index in [1.165, 1.54) is 12.4 Å². The van der Waals surface area contributed by atoms with Gasteiger partial charge in [-0.3, -0.25) is 14.6 Å². The molecule has 5 heteroatoms. The van der Waals surface area contributed by atoms with Crippen molar-refractivity contribution in [2.45, 2.75) is 6.92 Å². The predicted octanol–water partition coefficient (Wildman–Crippen LogP) is -0.375. The lowest BCUT2D eigenvalue weighted by atomic mass is 10.4. The maximum atomic E-state index is 11.1. The Labute approximate surface area is 75.2 Å². The summed E-state index contributed by atoms with van der Waals surface area (Å²) >= 11 is 0. The molecule has 1 radical (unpaired) electrons. The minimum atomic E-state index is -0.421. The average Bonchev–Trinajstić information content (AvgIpc) is 2.15. The van der Waals surface area contributed by atoms with Crippen LogP contribution < -0.4 is 5.32 Å². The number of amides is 1. The van der Waals surface area contributed by atoms with Gasteiger partial charge in [0, 0.05) is 6.20 Å². The molecule has 0 aromatic carbocycles. The van der Waals surface area contributed by atoms with Gasteiger partial charge in [0.1, 0.15) is 5.69 Å². The number of aromatic nitrogens is 2. The molecule has 1 aromatic rings. The number of carbonyl (C=O) groups excluding carboxylic acids is 2. The van der Waals surface area contributed by atoms with Crippen LogP contribution in [-0.2, 0) is 4.79 Å². The highest BCUT2D eigenvalue weighted by atomic mass is 16.2. The first-order valence-corrected chi connectivity index (χ1v) is 3.66. The minimum Gasteiger partial charge on any atom is -0.343 e. The Morgan fingerprint density at radius 2 is 2.31 bits per heavy atom. The fourth-order valence-corrected chi connectivity index (χ4v) is 0.717. The first kappa shape index (κ1) is 9.31. The summed E-state index contributed by atoms with van der Waals surface area (Å²) in [6.07, 6.45) is 4.39. The van der Waals surface area contributed by atoms with E-state index in [1.807, 2.05) is 0 Å². The van der Waals surface area contributed by atoms with E-state index < -0.39 is 5.91 Å². The maximum Gasteiger partial charge on any atom is 0.271 e. The van der Waals surface area contributed by atoms with Crippen LogP contribution in [0.1, 0.15) is 16.2 Å². The van der Waals surface area contributed by atoms with Crippen molar-refractivity contribution in [3.8, 4) is 0 Å². The Morgan fingerprint density at radius 1 is 1.54 bits per heavy atom. The van der Waals surface area contributed by atoms with Gasteiger partial charge in [0.05, 0.1) is 18.4 Å². The second-order valence-corrected chi connectivity index (χ2v) is 2.37. The van der Waals surface area contributed by atoms with Crippen molar-refractivity contribution in [3.63, 3.8) is 0 Å². The molecule has 13 heavy (non-hydrogen) atoms. The SMILES string of the molecule is Cc1cnc(C(=O)NC[C]=O)cn1. The van der Waals surface area contributed by atoms with Crippen LogP contribution in [0, 0.1) is 6.92 Å². The van der Waals surface area contributed by atoms with E-state index in [0.29, 0.717) is 0 Å². The van der Waals surface area contributed by atoms with E-state index in [0.717, 1.165) is 5.69 Å². The Balaban J connectivity index is 2.66. The summed E-state index contributed by atoms with van der Waals surface area (Å²) in [5, 5.41) is 2.30. The molecule has 1 N–H and O–H groups in total. The highest BCUT2D eigenvalue weighted by Gasteiger charge is 2.05. The van der Waals surface area contributed by atoms with Gasteiger partial charge >= 0.3 is 0 Å². The lowest BCUT2D eigenvalue weighted by Gasteiger charge is -1.98. The summed E-state index contributed by atoms with van der Waals surface area (Å²) in [4.78, 5) is 28.7. The Hall–Kier alpha value is -1.78. The van der Waals surface area contributed by atoms with E-state index >= 15 is 0 Å². The minimum absolute atomic E-state index is 0.131. The van der Waals surface area contributed by atoms with Crippen molar-refractivity contribution in [1.29, 1.82) is 0 Å². The molecule has 0 aliphatic rings. The Bertz CT molecular complexity index is 308. The molecule has 0 aliphatic carbocycles. The normalized spacial score (nSPS) is 9.31. The molecule has 1 amide bonds. The quantitative estimate of drug-likeness (QED) is 0.685. The monoisotopic (exact) mass is 178 g/mol. The molecular weight excluding hydrogens is 170 g/mol. The highest BCUT2D eigenvalue weighted by Crippen LogP contribution is 1.92. The van der Waals surface area contributed by atoms with E-state index in [-0.39, 0.29) is 12.2 Å². The van der Waals surface area contributed by atoms with Crippen LogP contribution in [0.4, 0.5) is 0 Å². The summed E-state index contributed by atoms with van der Waals surface area (Å²) in [6.45, 7) is 1.64. The molecule has 1 heterocycles. The summed E-state index contributed by atoms with van der Waals surface area (Å²) in [7, 11) is 0. The predicted molar refractivity (Wildman–Crippen MR) is 44.8 cm³/mol. The summed E-state index contributed by atoms with van der Waals surface area (Å²) in [5.74, 6) is -0.421. The number of hydrogen-bond acceptors (Lipinski definition) is 4. The molecule has 5 nitrogen and oxygen atoms in total. The third-order valence-electron chi connectivity index (χ3n) is 1.33. The largest absolute Gasteiger partial charge is 0.343 e. The number of nitrogens with zero attached hydrogens (tertiary/aromatic N) is 2. The van der Waals surface area contributed by atoms with Crippen LogP contribution >= 0.6 is 0 Å². The van der Waals surface area contributed by atoms with E-state index in [4.69, 9.17) is 0 Å². The van der Waals surface area contributed by atoms with Gasteiger partial charge in [-0.15, -0.1) is 0 Å². The smallest absolute Gasteiger partial charge is 0.271 e. The first-order valence-electron chi connectivity index (χ1n) is 3.66. The molecule has 1 aromatic heterocycles. The number of rotatable bonds is 3. The van der Waals surface area contributed by atoms with Crippen LogP contribution in [0.15, 0.2) is 12.4 Å². The van der Waals surface area contributed by atoms with Crippen LogP contribution in [0.3, 0.4) is 0 Å². The van der Waals surface area contributed by atoms with Crippen LogP contribution in [-0.4, -0.2) is 28.7 Å². The third kappa shape index (κ3) is 2.62. The van der Waals surface area contributed by atoms with Crippen LogP contribution in [0.2, 0.25) is 0 Å². The van der Waals surface area contributed by atoms with Crippen molar-refractivity contribution in [1.82, 2.24) is 15.3 Å². The fraction of sp³-hybridized carbons (Fsp3) is 0.250. The van der Waals surface area contributed by atoms with Gasteiger partial charge in [-0.2, -0.15) is 0 Å². The molecule has 0 atom stereocenters. The Kier molecular flexibility index (Phi) is 3.08. The molecule has 0 aliphatic heterocycles. The van der Waals surface area contributed by atoms with Crippen molar-refractivity contribution < 1.29 is 9.59 Å². The zero-order valence-corrected chi connectivity index (χ0v) is 7.07. The maximum absolute atomic E-state index is 11.1. The van der Waals surface area contributed by atoms with Gasteiger partial charge in [-0.25, -0.2) is 4.98 Å². The third-order valence-corrected chi connectivity index (χ3v) is 1.33. The lowest BCUT2D eigenvalue weighted by Crippen LogP contribution is -2.26. The van der Waals surface area contributed by atoms with Crippen molar-refractivity contribution in [2.75, 3.05) is 6.54 Å². The van der Waals surface area contributed by atoms with E-state index in [9.17, 15) is 9.59 Å². The standard InChI is InChI=1S/C8H8N3O2/c1-6-4-11-7(5-10-6)8(13)9-2-3-12/h4-5H,2H2,1H3,(H,9,13). The number of carbonyl (C=O) groups is 1. The number of nitrogens with one attached hydrogen (secondary N) is 1. The van der Waals surface area contributed by atoms with Crippen molar-refractivity contribution >= 4 is 12.2 Å². The summed E-state index contributed by atoms with van der Waals surface area (Å²) in [5.41, 5.74) is 0.930. The first-order chi connectivity index (χ1) is 6.24. The second-order valence-electron chi connectivity index (χ2n) is 2.37. The average molecular weight is 178 g/mol. The molecule has 0 saturated heterocycles. The molecule has 0 spiro atoms. The van der Waals surface area contributed by atoms with Gasteiger partial charge < -0.3 is 5.32 Å². The highest BCUT2D eigenvalue weighted by molar-refractivity contribution is 5.92. The van der Waals surface area contributed by atoms with Crippen LogP contribution in [0.5, 0.6) is 0 Å². The fourth-order valence-electron chi connectivity index (χ4n) is 0.717. The molecule has 0 fully saturated rings. The van der Waals surface area contributed by atoms with Crippen molar-refractivity contribution in [2.24, 2.45) is 0 Å². The van der Waals surface area contributed by atoms with Gasteiger partial charge in [-0.05, 0) is 6.92 Å². The van der Waals surface area contributed by atoms with E-state index in [1.54, 1.807) is 13.2 Å². The molecule has 1 rings (SSSR count). The van der Waals surface area contributed by atoms with Gasteiger partial charge in [0.25, 0.3) is 5.91 Å². The Morgan fingerprint density at radius 3 is 2.85 bits per heavy atom. The lowest BCUT2D eigenvalue weighted by molar-refractivity contribution is 0.0953. The molecule has 0 bridgehead atoms. The zero-order valence-electron chi connectivity index (χ0n) is 7.07. The summed E-state index contributed by atoms with van der Waals surface area (Å²) < 4.78 is 0. The van der Waals surface area contributed by atoms with Gasteiger partial charge in [0.15, 0.2) is 0 Å². The summed E-state index contributed by atoms with van der Waals surface area (Å²) in [6, 6.07) is 0. The van der Waals surface area contributed by atoms with Gasteiger partial charge in [-0.1, -0.05) is 0 Å². The topological polar surface area (TPSA) is 72.0 Å². The second kappa shape index (κ2) is 4.30. The van der Waals surface area contributed by atoms with Crippen molar-refractivity contribution in [3.05, 3.63) is 23.8 Å². The number of aryl methyl sites for hydroxylation is 1. The molecule has 0 unspecified atom stereocenters. The molecule has 0 saturated carbocycles.